The van der Waals surface area contributed by atoms with Crippen molar-refractivity contribution in [3.8, 4) is 5.75 Å². The number of nitrogens with one attached hydrogen (secondary N) is 2. The lowest BCUT2D eigenvalue weighted by atomic mass is 9.68. The van der Waals surface area contributed by atoms with Gasteiger partial charge in [0.25, 0.3) is 5.91 Å². The summed E-state index contributed by atoms with van der Waals surface area (Å²) in [6, 6.07) is 15.3. The first-order chi connectivity index (χ1) is 15.2. The van der Waals surface area contributed by atoms with Crippen LogP contribution >= 0.6 is 0 Å². The number of amides is 1. The van der Waals surface area contributed by atoms with E-state index >= 15 is 0 Å². The lowest BCUT2D eigenvalue weighted by molar-refractivity contribution is -0.118. The first-order valence-corrected chi connectivity index (χ1v) is 10.9. The first kappa shape index (κ1) is 21.9. The molecule has 2 aromatic rings. The van der Waals surface area contributed by atoms with Gasteiger partial charge in [-0.3, -0.25) is 9.59 Å². The number of aryl methyl sites for hydroxylation is 1. The predicted molar refractivity (Wildman–Crippen MR) is 126 cm³/mol. The molecule has 0 saturated carbocycles. The number of ether oxygens (including phenoxy) is 1. The lowest BCUT2D eigenvalue weighted by Gasteiger charge is -2.39. The van der Waals surface area contributed by atoms with Gasteiger partial charge in [0, 0.05) is 40.6 Å². The smallest absolute Gasteiger partial charge is 0.254 e. The third-order valence-electron chi connectivity index (χ3n) is 6.33. The number of hydrogen-bond acceptors (Lipinski definition) is 4. The third-order valence-corrected chi connectivity index (χ3v) is 6.33. The quantitative estimate of drug-likeness (QED) is 0.696. The van der Waals surface area contributed by atoms with Gasteiger partial charge in [-0.25, -0.2) is 0 Å². The summed E-state index contributed by atoms with van der Waals surface area (Å²) >= 11 is 0. The minimum atomic E-state index is -0.426. The maximum absolute atomic E-state index is 13.6. The molecule has 1 aliphatic heterocycles. The average Bonchev–Trinajstić information content (AvgIpc) is 2.73. The molecule has 1 aliphatic carbocycles. The van der Waals surface area contributed by atoms with Gasteiger partial charge >= 0.3 is 0 Å². The van der Waals surface area contributed by atoms with Crippen molar-refractivity contribution in [2.24, 2.45) is 5.41 Å². The summed E-state index contributed by atoms with van der Waals surface area (Å²) in [5.74, 6) is 0.206. The molecule has 2 aliphatic rings. The van der Waals surface area contributed by atoms with E-state index in [0.717, 1.165) is 40.4 Å². The molecule has 0 saturated heterocycles. The van der Waals surface area contributed by atoms with E-state index in [1.54, 1.807) is 7.11 Å². The Hall–Kier alpha value is -3.34. The monoisotopic (exact) mass is 430 g/mol. The molecule has 0 unspecified atom stereocenters. The Morgan fingerprint density at radius 3 is 2.41 bits per heavy atom. The van der Waals surface area contributed by atoms with Crippen molar-refractivity contribution in [3.63, 3.8) is 0 Å². The van der Waals surface area contributed by atoms with Crippen LogP contribution in [0.2, 0.25) is 0 Å². The molecule has 1 heterocycles. The van der Waals surface area contributed by atoms with Crippen LogP contribution in [0.25, 0.3) is 0 Å². The zero-order chi connectivity index (χ0) is 23.0. The molecular weight excluding hydrogens is 400 g/mol. The Morgan fingerprint density at radius 2 is 1.75 bits per heavy atom. The fraction of sp³-hybridized carbons (Fsp3) is 0.333. The van der Waals surface area contributed by atoms with Gasteiger partial charge in [0.05, 0.1) is 7.11 Å². The van der Waals surface area contributed by atoms with Crippen LogP contribution in [0.15, 0.2) is 71.1 Å². The number of ketones is 1. The summed E-state index contributed by atoms with van der Waals surface area (Å²) in [6.45, 7) is 8.10. The van der Waals surface area contributed by atoms with Gasteiger partial charge in [0.2, 0.25) is 0 Å². The zero-order valence-corrected chi connectivity index (χ0v) is 19.3. The minimum absolute atomic E-state index is 0.0956. The highest BCUT2D eigenvalue weighted by Gasteiger charge is 2.42. The van der Waals surface area contributed by atoms with E-state index in [4.69, 9.17) is 4.74 Å². The number of Topliss-reactive ketones (excluding diaryl/α,β-unsaturated/α-hetero) is 1. The van der Waals surface area contributed by atoms with Crippen LogP contribution in [-0.4, -0.2) is 18.8 Å². The van der Waals surface area contributed by atoms with Crippen LogP contribution in [-0.2, 0) is 9.59 Å². The van der Waals surface area contributed by atoms with Crippen LogP contribution in [0.3, 0.4) is 0 Å². The van der Waals surface area contributed by atoms with Gasteiger partial charge in [-0.2, -0.15) is 0 Å². The average molecular weight is 431 g/mol. The van der Waals surface area contributed by atoms with Crippen molar-refractivity contribution in [3.05, 3.63) is 82.2 Å². The third kappa shape index (κ3) is 4.07. The molecule has 0 radical (unpaired) electrons. The summed E-state index contributed by atoms with van der Waals surface area (Å²) in [5.41, 5.74) is 5.52. The SMILES string of the molecule is COc1ccc([C@H]2C(C(=O)Nc3ccccc3C)=C(C)NC3=C2C(=O)CC(C)(C)C3)cc1. The number of rotatable bonds is 4. The fourth-order valence-electron chi connectivity index (χ4n) is 4.77. The maximum Gasteiger partial charge on any atom is 0.254 e. The van der Waals surface area contributed by atoms with E-state index in [-0.39, 0.29) is 17.1 Å². The molecule has 5 nitrogen and oxygen atoms in total. The van der Waals surface area contributed by atoms with Crippen molar-refractivity contribution >= 4 is 17.4 Å². The van der Waals surface area contributed by atoms with Gasteiger partial charge in [-0.15, -0.1) is 0 Å². The van der Waals surface area contributed by atoms with Gasteiger partial charge in [0.15, 0.2) is 5.78 Å². The normalized spacial score (nSPS) is 19.9. The molecule has 0 aromatic heterocycles. The fourth-order valence-corrected chi connectivity index (χ4v) is 4.77. The number of anilines is 1. The summed E-state index contributed by atoms with van der Waals surface area (Å²) in [4.78, 5) is 26.9. The molecule has 0 fully saturated rings. The Balaban J connectivity index is 1.81. The number of benzene rings is 2. The van der Waals surface area contributed by atoms with Crippen molar-refractivity contribution in [1.29, 1.82) is 0 Å². The Kier molecular flexibility index (Phi) is 5.68. The Labute approximate surface area is 189 Å². The Morgan fingerprint density at radius 1 is 1.06 bits per heavy atom. The molecule has 2 N–H and O–H groups in total. The number of para-hydroxylation sites is 1. The van der Waals surface area contributed by atoms with E-state index in [9.17, 15) is 9.59 Å². The van der Waals surface area contributed by atoms with Crippen molar-refractivity contribution < 1.29 is 14.3 Å². The molecule has 32 heavy (non-hydrogen) atoms. The van der Waals surface area contributed by atoms with Gasteiger partial charge < -0.3 is 15.4 Å². The number of carbonyl (C=O) groups is 2. The van der Waals surface area contributed by atoms with Gasteiger partial charge in [0.1, 0.15) is 5.75 Å². The molecule has 1 amide bonds. The van der Waals surface area contributed by atoms with E-state index in [0.29, 0.717) is 17.6 Å². The number of allylic oxidation sites excluding steroid dienone is 3. The molecular formula is C27H30N2O3. The number of dihydropyridines is 1. The lowest BCUT2D eigenvalue weighted by Crippen LogP contribution is -2.39. The van der Waals surface area contributed by atoms with Gasteiger partial charge in [-0.1, -0.05) is 44.2 Å². The molecule has 2 aromatic carbocycles. The highest BCUT2D eigenvalue weighted by Crippen LogP contribution is 2.47. The topological polar surface area (TPSA) is 67.4 Å². The van der Waals surface area contributed by atoms with Crippen LogP contribution in [0, 0.1) is 12.3 Å². The van der Waals surface area contributed by atoms with Crippen LogP contribution in [0.5, 0.6) is 5.75 Å². The summed E-state index contributed by atoms with van der Waals surface area (Å²) < 4.78 is 5.32. The van der Waals surface area contributed by atoms with E-state index < -0.39 is 5.92 Å². The summed E-state index contributed by atoms with van der Waals surface area (Å²) in [7, 11) is 1.62. The molecule has 0 bridgehead atoms. The summed E-state index contributed by atoms with van der Waals surface area (Å²) in [5, 5.41) is 6.47. The molecule has 5 heteroatoms. The second-order valence-electron chi connectivity index (χ2n) is 9.47. The predicted octanol–water partition coefficient (Wildman–Crippen LogP) is 5.25. The molecule has 0 spiro atoms. The number of carbonyl (C=O) groups excluding carboxylic acids is 2. The largest absolute Gasteiger partial charge is 0.497 e. The second-order valence-corrected chi connectivity index (χ2v) is 9.47. The minimum Gasteiger partial charge on any atom is -0.497 e. The van der Waals surface area contributed by atoms with Crippen molar-refractivity contribution in [1.82, 2.24) is 5.32 Å². The number of hydrogen-bond donors (Lipinski definition) is 2. The van der Waals surface area contributed by atoms with E-state index in [1.807, 2.05) is 62.4 Å². The second kappa shape index (κ2) is 8.30. The van der Waals surface area contributed by atoms with Crippen LogP contribution < -0.4 is 15.4 Å². The zero-order valence-electron chi connectivity index (χ0n) is 19.3. The standard InChI is InChI=1S/C27H30N2O3/c1-16-8-6-7-9-20(16)29-26(31)23-17(2)28-21-14-27(3,4)15-22(30)25(21)24(23)18-10-12-19(32-5)13-11-18/h6-13,24,28H,14-15H2,1-5H3,(H,29,31)/t24-/m0/s1. The van der Waals surface area contributed by atoms with Crippen LogP contribution in [0.4, 0.5) is 5.69 Å². The van der Waals surface area contributed by atoms with Crippen molar-refractivity contribution in [2.45, 2.75) is 46.5 Å². The highest BCUT2D eigenvalue weighted by molar-refractivity contribution is 6.10. The van der Waals surface area contributed by atoms with E-state index in [2.05, 4.69) is 24.5 Å². The highest BCUT2D eigenvalue weighted by atomic mass is 16.5. The van der Waals surface area contributed by atoms with E-state index in [1.165, 1.54) is 0 Å². The maximum atomic E-state index is 13.6. The first-order valence-electron chi connectivity index (χ1n) is 10.9. The van der Waals surface area contributed by atoms with Crippen molar-refractivity contribution in [2.75, 3.05) is 12.4 Å². The number of methoxy groups -OCH3 is 1. The molecule has 1 atom stereocenters. The summed E-state index contributed by atoms with van der Waals surface area (Å²) in [6.07, 6.45) is 1.23. The molecule has 166 valence electrons. The van der Waals surface area contributed by atoms with Crippen LogP contribution in [0.1, 0.15) is 50.7 Å². The Bertz CT molecular complexity index is 1140. The van der Waals surface area contributed by atoms with Gasteiger partial charge in [-0.05, 0) is 55.0 Å². The molecule has 4 rings (SSSR count).